The highest BCUT2D eigenvalue weighted by atomic mass is 35.5. The van der Waals surface area contributed by atoms with Crippen LogP contribution in [0.15, 0.2) is 60.2 Å². The zero-order valence-electron chi connectivity index (χ0n) is 20.6. The van der Waals surface area contributed by atoms with Crippen molar-refractivity contribution in [3.63, 3.8) is 0 Å². The number of hydrogen-bond acceptors (Lipinski definition) is 6. The SMILES string of the molecule is COc1ccc(C2/C(=C(\O)c3cc(OC)c(Cl)cc3OC)C(=O)C(=O)N2c2cccc(C)c2C)cc1. The Morgan fingerprint density at radius 1 is 0.917 bits per heavy atom. The van der Waals surface area contributed by atoms with E-state index in [2.05, 4.69) is 0 Å². The van der Waals surface area contributed by atoms with E-state index in [-0.39, 0.29) is 27.7 Å². The summed E-state index contributed by atoms with van der Waals surface area (Å²) in [5, 5.41) is 11.8. The van der Waals surface area contributed by atoms with Crippen LogP contribution in [0.3, 0.4) is 0 Å². The molecule has 1 amide bonds. The third kappa shape index (κ3) is 4.16. The van der Waals surface area contributed by atoms with Crippen LogP contribution >= 0.6 is 11.6 Å². The van der Waals surface area contributed by atoms with Crippen LogP contribution in [0.25, 0.3) is 5.76 Å². The molecule has 4 rings (SSSR count). The zero-order chi connectivity index (χ0) is 26.1. The van der Waals surface area contributed by atoms with Gasteiger partial charge in [0.2, 0.25) is 0 Å². The summed E-state index contributed by atoms with van der Waals surface area (Å²) >= 11 is 6.24. The first kappa shape index (κ1) is 25.1. The summed E-state index contributed by atoms with van der Waals surface area (Å²) in [6.45, 7) is 3.82. The molecule has 36 heavy (non-hydrogen) atoms. The minimum Gasteiger partial charge on any atom is -0.507 e. The number of benzene rings is 3. The van der Waals surface area contributed by atoms with Crippen LogP contribution in [0.1, 0.15) is 28.3 Å². The number of nitrogens with zero attached hydrogens (tertiary/aromatic N) is 1. The van der Waals surface area contributed by atoms with Crippen LogP contribution in [0.4, 0.5) is 5.69 Å². The molecule has 1 aliphatic heterocycles. The molecule has 1 N–H and O–H groups in total. The van der Waals surface area contributed by atoms with Gasteiger partial charge in [-0.15, -0.1) is 0 Å². The van der Waals surface area contributed by atoms with Crippen molar-refractivity contribution in [1.82, 2.24) is 0 Å². The van der Waals surface area contributed by atoms with E-state index in [1.807, 2.05) is 26.0 Å². The number of aryl methyl sites for hydroxylation is 1. The Kier molecular flexibility index (Phi) is 6.95. The summed E-state index contributed by atoms with van der Waals surface area (Å²) in [6, 6.07) is 14.6. The molecule has 186 valence electrons. The van der Waals surface area contributed by atoms with Crippen LogP contribution in [0.2, 0.25) is 5.02 Å². The molecule has 0 radical (unpaired) electrons. The van der Waals surface area contributed by atoms with Gasteiger partial charge in [0.05, 0.1) is 43.5 Å². The Morgan fingerprint density at radius 2 is 1.58 bits per heavy atom. The first-order valence-electron chi connectivity index (χ1n) is 11.2. The Hall–Kier alpha value is -3.97. The van der Waals surface area contributed by atoms with Crippen molar-refractivity contribution in [2.45, 2.75) is 19.9 Å². The quantitative estimate of drug-likeness (QED) is 0.265. The second kappa shape index (κ2) is 9.95. The lowest BCUT2D eigenvalue weighted by atomic mass is 9.94. The third-order valence-corrected chi connectivity index (χ3v) is 6.74. The number of anilines is 1. The molecule has 0 aliphatic carbocycles. The van der Waals surface area contributed by atoms with Crippen molar-refractivity contribution in [3.8, 4) is 17.2 Å². The number of ketones is 1. The van der Waals surface area contributed by atoms with Gasteiger partial charge in [-0.1, -0.05) is 35.9 Å². The van der Waals surface area contributed by atoms with Gasteiger partial charge in [0.15, 0.2) is 0 Å². The molecule has 1 heterocycles. The number of ether oxygens (including phenoxy) is 3. The van der Waals surface area contributed by atoms with Crippen molar-refractivity contribution in [3.05, 3.63) is 87.4 Å². The Labute approximate surface area is 214 Å². The van der Waals surface area contributed by atoms with E-state index in [1.54, 1.807) is 37.4 Å². The lowest BCUT2D eigenvalue weighted by Crippen LogP contribution is -2.30. The fourth-order valence-corrected chi connectivity index (χ4v) is 4.60. The monoisotopic (exact) mass is 507 g/mol. The van der Waals surface area contributed by atoms with Gasteiger partial charge in [0.1, 0.15) is 23.0 Å². The summed E-state index contributed by atoms with van der Waals surface area (Å²) < 4.78 is 16.0. The minimum absolute atomic E-state index is 0.0752. The number of aliphatic hydroxyl groups is 1. The second-order valence-corrected chi connectivity index (χ2v) is 8.76. The van der Waals surface area contributed by atoms with Gasteiger partial charge in [-0.3, -0.25) is 14.5 Å². The zero-order valence-corrected chi connectivity index (χ0v) is 21.3. The number of amides is 1. The molecule has 0 saturated carbocycles. The molecular weight excluding hydrogens is 482 g/mol. The van der Waals surface area contributed by atoms with Crippen molar-refractivity contribution in [1.29, 1.82) is 0 Å². The molecule has 0 aromatic heterocycles. The number of rotatable bonds is 6. The maximum absolute atomic E-state index is 13.5. The van der Waals surface area contributed by atoms with Crippen molar-refractivity contribution < 1.29 is 28.9 Å². The van der Waals surface area contributed by atoms with Gasteiger partial charge >= 0.3 is 0 Å². The standard InChI is InChI=1S/C28H26ClNO6/c1-15-7-6-8-21(16(15)2)30-25(17-9-11-18(34-3)12-10-17)24(27(32)28(30)33)26(31)19-13-23(36-5)20(29)14-22(19)35-4/h6-14,25,31H,1-5H3/b26-24+. The Morgan fingerprint density at radius 3 is 2.19 bits per heavy atom. The number of aliphatic hydroxyl groups excluding tert-OH is 1. The molecule has 1 aliphatic rings. The molecule has 1 saturated heterocycles. The van der Waals surface area contributed by atoms with Crippen molar-refractivity contribution in [2.75, 3.05) is 26.2 Å². The highest BCUT2D eigenvalue weighted by molar-refractivity contribution is 6.52. The van der Waals surface area contributed by atoms with E-state index in [0.717, 1.165) is 11.1 Å². The molecule has 3 aromatic carbocycles. The van der Waals surface area contributed by atoms with Crippen molar-refractivity contribution in [2.24, 2.45) is 0 Å². The molecule has 3 aromatic rings. The highest BCUT2D eigenvalue weighted by Crippen LogP contribution is 2.45. The van der Waals surface area contributed by atoms with Gasteiger partial charge in [0.25, 0.3) is 11.7 Å². The average Bonchev–Trinajstić information content (AvgIpc) is 3.15. The van der Waals surface area contributed by atoms with Crippen LogP contribution in [0.5, 0.6) is 17.2 Å². The van der Waals surface area contributed by atoms with Crippen LogP contribution in [-0.2, 0) is 9.59 Å². The summed E-state index contributed by atoms with van der Waals surface area (Å²) in [5.41, 5.74) is 3.12. The fourth-order valence-electron chi connectivity index (χ4n) is 4.37. The molecule has 1 fully saturated rings. The van der Waals surface area contributed by atoms with Gasteiger partial charge in [-0.05, 0) is 54.8 Å². The molecule has 7 nitrogen and oxygen atoms in total. The van der Waals surface area contributed by atoms with E-state index in [0.29, 0.717) is 17.0 Å². The van der Waals surface area contributed by atoms with Crippen LogP contribution < -0.4 is 19.1 Å². The molecule has 0 spiro atoms. The predicted molar refractivity (Wildman–Crippen MR) is 138 cm³/mol. The summed E-state index contributed by atoms with van der Waals surface area (Å²) in [4.78, 5) is 28.4. The average molecular weight is 508 g/mol. The molecular formula is C28H26ClNO6. The molecule has 1 atom stereocenters. The Balaban J connectivity index is 2.02. The summed E-state index contributed by atoms with van der Waals surface area (Å²) in [6.07, 6.45) is 0. The largest absolute Gasteiger partial charge is 0.507 e. The van der Waals surface area contributed by atoms with Gasteiger partial charge in [-0.25, -0.2) is 0 Å². The number of methoxy groups -OCH3 is 3. The van der Waals surface area contributed by atoms with Gasteiger partial charge < -0.3 is 19.3 Å². The number of halogens is 1. The molecule has 8 heteroatoms. The molecule has 0 bridgehead atoms. The smallest absolute Gasteiger partial charge is 0.300 e. The maximum atomic E-state index is 13.5. The number of carbonyl (C=O) groups is 2. The van der Waals surface area contributed by atoms with Crippen molar-refractivity contribution >= 4 is 34.7 Å². The van der Waals surface area contributed by atoms with Crippen LogP contribution in [0, 0.1) is 13.8 Å². The van der Waals surface area contributed by atoms with E-state index in [1.165, 1.54) is 31.3 Å². The third-order valence-electron chi connectivity index (χ3n) is 6.44. The number of hydrogen-bond donors (Lipinski definition) is 1. The first-order chi connectivity index (χ1) is 17.2. The maximum Gasteiger partial charge on any atom is 0.300 e. The lowest BCUT2D eigenvalue weighted by Gasteiger charge is -2.27. The van der Waals surface area contributed by atoms with Gasteiger partial charge in [0, 0.05) is 11.8 Å². The predicted octanol–water partition coefficient (Wildman–Crippen LogP) is 5.61. The number of Topliss-reactive ketones (excluding diaryl/α,β-unsaturated/α-hetero) is 1. The van der Waals surface area contributed by atoms with E-state index in [9.17, 15) is 14.7 Å². The van der Waals surface area contributed by atoms with E-state index in [4.69, 9.17) is 25.8 Å². The first-order valence-corrected chi connectivity index (χ1v) is 11.5. The highest BCUT2D eigenvalue weighted by Gasteiger charge is 2.47. The number of carbonyl (C=O) groups excluding carboxylic acids is 2. The fraction of sp³-hybridized carbons (Fsp3) is 0.214. The minimum atomic E-state index is -0.900. The Bertz CT molecular complexity index is 1380. The topological polar surface area (TPSA) is 85.3 Å². The lowest BCUT2D eigenvalue weighted by molar-refractivity contribution is -0.132. The second-order valence-electron chi connectivity index (χ2n) is 8.35. The summed E-state index contributed by atoms with van der Waals surface area (Å²) in [7, 11) is 4.41. The summed E-state index contributed by atoms with van der Waals surface area (Å²) in [5.74, 6) is -0.829. The molecule has 1 unspecified atom stereocenters. The van der Waals surface area contributed by atoms with E-state index >= 15 is 0 Å². The normalized spacial score (nSPS) is 16.8. The van der Waals surface area contributed by atoms with Crippen LogP contribution in [-0.4, -0.2) is 38.1 Å². The van der Waals surface area contributed by atoms with E-state index < -0.39 is 23.5 Å². The van der Waals surface area contributed by atoms with Gasteiger partial charge in [-0.2, -0.15) is 0 Å².